The number of hydrogen-bond acceptors (Lipinski definition) is 8. The Morgan fingerprint density at radius 2 is 1.55 bits per heavy atom. The van der Waals surface area contributed by atoms with E-state index >= 15 is 0 Å². The number of hydrogen-bond donors (Lipinski definition) is 8. The molecule has 3 amide bonds. The van der Waals surface area contributed by atoms with Crippen molar-refractivity contribution in [1.29, 1.82) is 0 Å². The maximum atomic E-state index is 13.2. The Kier molecular flexibility index (Phi) is 13.4. The number of H-pyrrole nitrogens is 1. The minimum atomic E-state index is -1.67. The van der Waals surface area contributed by atoms with Crippen molar-refractivity contribution in [2.75, 3.05) is 18.6 Å². The van der Waals surface area contributed by atoms with Gasteiger partial charge in [0.2, 0.25) is 17.7 Å². The number of nitrogens with one attached hydrogen (secondary N) is 4. The highest BCUT2D eigenvalue weighted by Crippen LogP contribution is 2.19. The normalized spacial score (nSPS) is 14.1. The molecule has 14 heteroatoms. The standard InChI is InChI=1S/C26H38N6O7S/c1-40-11-9-20(30-23(35)17(28)12-15-14-29-18-7-3-2-6-16(15)18)25(37)31-19(8-4-5-10-27)24(36)32-21(26(38)39)13-22(33)34/h2-3,6-7,14,17,19-21,29H,4-5,8-13,27-28H2,1H3,(H,30,35)(H,31,37)(H,32,36)(H,33,34)(H,38,39). The van der Waals surface area contributed by atoms with E-state index in [-0.39, 0.29) is 19.3 Å². The van der Waals surface area contributed by atoms with Crippen LogP contribution in [0.2, 0.25) is 0 Å². The third-order valence-corrected chi connectivity index (χ3v) is 6.91. The van der Waals surface area contributed by atoms with E-state index in [1.54, 1.807) is 6.20 Å². The van der Waals surface area contributed by atoms with Gasteiger partial charge in [0.05, 0.1) is 12.5 Å². The monoisotopic (exact) mass is 578 g/mol. The van der Waals surface area contributed by atoms with Crippen molar-refractivity contribution in [1.82, 2.24) is 20.9 Å². The van der Waals surface area contributed by atoms with Gasteiger partial charge >= 0.3 is 11.9 Å². The van der Waals surface area contributed by atoms with Gasteiger partial charge in [0.25, 0.3) is 0 Å². The smallest absolute Gasteiger partial charge is 0.326 e. The number of aromatic nitrogens is 1. The molecule has 0 aliphatic heterocycles. The summed E-state index contributed by atoms with van der Waals surface area (Å²) in [7, 11) is 0. The van der Waals surface area contributed by atoms with Crippen molar-refractivity contribution in [3.05, 3.63) is 36.0 Å². The number of nitrogens with two attached hydrogens (primary N) is 2. The van der Waals surface area contributed by atoms with E-state index in [0.717, 1.165) is 16.5 Å². The lowest BCUT2D eigenvalue weighted by atomic mass is 10.0. The van der Waals surface area contributed by atoms with Gasteiger partial charge in [0.1, 0.15) is 18.1 Å². The van der Waals surface area contributed by atoms with Gasteiger partial charge in [-0.05, 0) is 62.3 Å². The molecule has 1 aromatic heterocycles. The minimum absolute atomic E-state index is 0.136. The van der Waals surface area contributed by atoms with Crippen LogP contribution < -0.4 is 27.4 Å². The number of para-hydroxylation sites is 1. The van der Waals surface area contributed by atoms with Gasteiger partial charge in [0, 0.05) is 17.1 Å². The molecule has 220 valence electrons. The molecular formula is C26H38N6O7S. The first-order chi connectivity index (χ1) is 19.1. The topological polar surface area (TPSA) is 230 Å². The summed E-state index contributed by atoms with van der Waals surface area (Å²) in [6.45, 7) is 0.347. The summed E-state index contributed by atoms with van der Waals surface area (Å²) in [6, 6.07) is 2.82. The van der Waals surface area contributed by atoms with Crippen molar-refractivity contribution >= 4 is 52.3 Å². The average molecular weight is 579 g/mol. The molecule has 0 saturated heterocycles. The molecule has 0 aliphatic rings. The summed E-state index contributed by atoms with van der Waals surface area (Å²) in [4.78, 5) is 64.7. The molecule has 0 radical (unpaired) electrons. The van der Waals surface area contributed by atoms with E-state index in [1.165, 1.54) is 11.8 Å². The molecule has 2 rings (SSSR count). The number of thioether (sulfide) groups is 1. The second-order valence-corrected chi connectivity index (χ2v) is 10.3. The maximum Gasteiger partial charge on any atom is 0.326 e. The third kappa shape index (κ3) is 10.2. The summed E-state index contributed by atoms with van der Waals surface area (Å²) in [5.41, 5.74) is 13.5. The van der Waals surface area contributed by atoms with Crippen LogP contribution in [-0.4, -0.2) is 87.6 Å². The largest absolute Gasteiger partial charge is 0.481 e. The predicted octanol–water partition coefficient (Wildman–Crippen LogP) is -0.0665. The van der Waals surface area contributed by atoms with Gasteiger partial charge < -0.3 is 42.6 Å². The Morgan fingerprint density at radius 3 is 2.17 bits per heavy atom. The van der Waals surface area contributed by atoms with Crippen LogP contribution in [0.25, 0.3) is 10.9 Å². The molecule has 2 aromatic rings. The second kappa shape index (κ2) is 16.5. The molecule has 0 spiro atoms. The summed E-state index contributed by atoms with van der Waals surface area (Å²) >= 11 is 1.47. The van der Waals surface area contributed by atoms with Gasteiger partial charge in [0.15, 0.2) is 0 Å². The van der Waals surface area contributed by atoms with Crippen molar-refractivity contribution in [3.63, 3.8) is 0 Å². The second-order valence-electron chi connectivity index (χ2n) is 9.36. The van der Waals surface area contributed by atoms with E-state index < -0.39 is 60.2 Å². The number of amides is 3. The fourth-order valence-electron chi connectivity index (χ4n) is 4.09. The lowest BCUT2D eigenvalue weighted by Gasteiger charge is -2.25. The lowest BCUT2D eigenvalue weighted by molar-refractivity contribution is -0.147. The van der Waals surface area contributed by atoms with E-state index in [9.17, 15) is 29.1 Å². The number of unbranched alkanes of at least 4 members (excludes halogenated alkanes) is 1. The van der Waals surface area contributed by atoms with Gasteiger partial charge in [-0.2, -0.15) is 11.8 Å². The summed E-state index contributed by atoms with van der Waals surface area (Å²) in [6.07, 6.45) is 4.42. The molecule has 10 N–H and O–H groups in total. The zero-order valence-corrected chi connectivity index (χ0v) is 23.2. The molecule has 0 aliphatic carbocycles. The number of carboxylic acids is 2. The van der Waals surface area contributed by atoms with Crippen LogP contribution in [-0.2, 0) is 30.4 Å². The van der Waals surface area contributed by atoms with Crippen molar-refractivity contribution in [2.45, 2.75) is 62.7 Å². The highest BCUT2D eigenvalue weighted by Gasteiger charge is 2.31. The van der Waals surface area contributed by atoms with Gasteiger partial charge in [-0.3, -0.25) is 19.2 Å². The predicted molar refractivity (Wildman–Crippen MR) is 152 cm³/mol. The number of carboxylic acid groups (broad SMARTS) is 2. The number of carbonyl (C=O) groups is 5. The first kappa shape index (κ1) is 32.6. The van der Waals surface area contributed by atoms with E-state index in [2.05, 4.69) is 20.9 Å². The van der Waals surface area contributed by atoms with E-state index in [1.807, 2.05) is 30.5 Å². The Morgan fingerprint density at radius 1 is 0.925 bits per heavy atom. The maximum absolute atomic E-state index is 13.2. The molecule has 1 heterocycles. The highest BCUT2D eigenvalue weighted by molar-refractivity contribution is 7.98. The van der Waals surface area contributed by atoms with Crippen LogP contribution in [0.1, 0.15) is 37.7 Å². The molecule has 1 aromatic carbocycles. The van der Waals surface area contributed by atoms with Crippen LogP contribution in [0.5, 0.6) is 0 Å². The zero-order valence-electron chi connectivity index (χ0n) is 22.4. The van der Waals surface area contributed by atoms with Crippen LogP contribution in [0, 0.1) is 0 Å². The molecule has 4 atom stereocenters. The van der Waals surface area contributed by atoms with Crippen molar-refractivity contribution in [3.8, 4) is 0 Å². The fourth-order valence-corrected chi connectivity index (χ4v) is 4.57. The van der Waals surface area contributed by atoms with Crippen LogP contribution in [0.4, 0.5) is 0 Å². The number of aliphatic carboxylic acids is 2. The Bertz CT molecular complexity index is 1170. The number of carbonyl (C=O) groups excluding carboxylic acids is 3. The molecule has 0 fully saturated rings. The first-order valence-corrected chi connectivity index (χ1v) is 14.3. The molecule has 4 unspecified atom stereocenters. The van der Waals surface area contributed by atoms with Crippen LogP contribution in [0.3, 0.4) is 0 Å². The van der Waals surface area contributed by atoms with Crippen LogP contribution in [0.15, 0.2) is 30.5 Å². The molecule has 0 bridgehead atoms. The number of benzene rings is 1. The third-order valence-electron chi connectivity index (χ3n) is 6.27. The van der Waals surface area contributed by atoms with E-state index in [4.69, 9.17) is 16.6 Å². The number of rotatable bonds is 18. The fraction of sp³-hybridized carbons (Fsp3) is 0.500. The Balaban J connectivity index is 2.12. The summed E-state index contributed by atoms with van der Waals surface area (Å²) < 4.78 is 0. The Labute approximate surface area is 236 Å². The number of aromatic amines is 1. The Hall–Kier alpha value is -3.62. The summed E-state index contributed by atoms with van der Waals surface area (Å²) in [5.74, 6) is -4.41. The quantitative estimate of drug-likeness (QED) is 0.110. The van der Waals surface area contributed by atoms with Crippen LogP contribution >= 0.6 is 11.8 Å². The average Bonchev–Trinajstić information content (AvgIpc) is 3.32. The van der Waals surface area contributed by atoms with E-state index in [0.29, 0.717) is 25.1 Å². The SMILES string of the molecule is CSCCC(NC(=O)C(N)Cc1c[nH]c2ccccc12)C(=O)NC(CCCCN)C(=O)NC(CC(=O)O)C(=O)O. The first-order valence-electron chi connectivity index (χ1n) is 12.9. The van der Waals surface area contributed by atoms with Crippen molar-refractivity contribution < 1.29 is 34.2 Å². The lowest BCUT2D eigenvalue weighted by Crippen LogP contribution is -2.57. The zero-order chi connectivity index (χ0) is 29.7. The molecule has 40 heavy (non-hydrogen) atoms. The number of fused-ring (bicyclic) bond motifs is 1. The van der Waals surface area contributed by atoms with Gasteiger partial charge in [-0.15, -0.1) is 0 Å². The minimum Gasteiger partial charge on any atom is -0.481 e. The highest BCUT2D eigenvalue weighted by atomic mass is 32.2. The summed E-state index contributed by atoms with van der Waals surface area (Å²) in [5, 5.41) is 26.7. The van der Waals surface area contributed by atoms with Crippen molar-refractivity contribution in [2.24, 2.45) is 11.5 Å². The molecular weight excluding hydrogens is 540 g/mol. The van der Waals surface area contributed by atoms with Gasteiger partial charge in [-0.1, -0.05) is 18.2 Å². The molecule has 13 nitrogen and oxygen atoms in total. The van der Waals surface area contributed by atoms with Gasteiger partial charge in [-0.25, -0.2) is 4.79 Å². The molecule has 0 saturated carbocycles.